The van der Waals surface area contributed by atoms with Gasteiger partial charge in [-0.05, 0) is 22.3 Å². The van der Waals surface area contributed by atoms with E-state index in [-0.39, 0.29) is 37.5 Å². The van der Waals surface area contributed by atoms with Crippen molar-refractivity contribution in [3.05, 3.63) is 108 Å². The van der Waals surface area contributed by atoms with Crippen molar-refractivity contribution in [1.29, 1.82) is 0 Å². The molecular formula is C30H33N7O3. The smallest absolute Gasteiger partial charge is 0.332 e. The largest absolute Gasteiger partial charge is 0.333 e. The van der Waals surface area contributed by atoms with Crippen LogP contribution < -0.4 is 16.6 Å². The maximum Gasteiger partial charge on any atom is 0.332 e. The third kappa shape index (κ3) is 5.14. The highest BCUT2D eigenvalue weighted by Crippen LogP contribution is 2.36. The lowest BCUT2D eigenvalue weighted by molar-refractivity contribution is -0.157. The van der Waals surface area contributed by atoms with Crippen LogP contribution in [0.2, 0.25) is 0 Å². The third-order valence-electron chi connectivity index (χ3n) is 7.45. The summed E-state index contributed by atoms with van der Waals surface area (Å²) in [5.74, 6) is 5.43. The Morgan fingerprint density at radius 1 is 1.05 bits per heavy atom. The van der Waals surface area contributed by atoms with Gasteiger partial charge in [-0.3, -0.25) is 20.4 Å². The lowest BCUT2D eigenvalue weighted by Gasteiger charge is -2.46. The molecule has 10 heteroatoms. The number of hydrogen-bond acceptors (Lipinski definition) is 6. The summed E-state index contributed by atoms with van der Waals surface area (Å²) in [5, 5.41) is 6.08. The molecule has 0 saturated carbocycles. The van der Waals surface area contributed by atoms with E-state index in [0.717, 1.165) is 16.7 Å². The summed E-state index contributed by atoms with van der Waals surface area (Å²) >= 11 is 0. The molecule has 2 fully saturated rings. The highest BCUT2D eigenvalue weighted by atomic mass is 16.2. The number of nitrogens with one attached hydrogen (secondary N) is 2. The van der Waals surface area contributed by atoms with Gasteiger partial charge in [0.2, 0.25) is 5.91 Å². The lowest BCUT2D eigenvalue weighted by atomic mass is 9.99. The van der Waals surface area contributed by atoms with Crippen LogP contribution in [0, 0.1) is 0 Å². The van der Waals surface area contributed by atoms with Crippen molar-refractivity contribution in [2.75, 3.05) is 25.6 Å². The first kappa shape index (κ1) is 26.9. The Hall–Kier alpha value is -4.67. The number of anilines is 1. The molecule has 2 aliphatic heterocycles. The quantitative estimate of drug-likeness (QED) is 0.300. The Kier molecular flexibility index (Phi) is 7.81. The van der Waals surface area contributed by atoms with Crippen LogP contribution in [-0.2, 0) is 22.7 Å². The Morgan fingerprint density at radius 2 is 1.75 bits per heavy atom. The van der Waals surface area contributed by atoms with Crippen LogP contribution in [0.5, 0.6) is 0 Å². The number of benzene rings is 3. The van der Waals surface area contributed by atoms with Crippen molar-refractivity contribution in [2.24, 2.45) is 5.84 Å². The minimum Gasteiger partial charge on any atom is -0.333 e. The summed E-state index contributed by atoms with van der Waals surface area (Å²) in [6.45, 7) is 4.67. The zero-order chi connectivity index (χ0) is 28.2. The Balaban J connectivity index is 1.44. The first-order valence-corrected chi connectivity index (χ1v) is 13.1. The van der Waals surface area contributed by atoms with E-state index in [1.807, 2.05) is 78.9 Å². The van der Waals surface area contributed by atoms with Crippen LogP contribution in [-0.4, -0.2) is 64.0 Å². The van der Waals surface area contributed by atoms with Gasteiger partial charge in [0, 0.05) is 20.1 Å². The first-order valence-electron chi connectivity index (χ1n) is 13.1. The van der Waals surface area contributed by atoms with Gasteiger partial charge in [0.1, 0.15) is 12.2 Å². The number of hydrogen-bond donors (Lipinski definition) is 3. The van der Waals surface area contributed by atoms with Crippen molar-refractivity contribution in [3.8, 4) is 0 Å². The highest BCUT2D eigenvalue weighted by molar-refractivity contribution is 5.92. The van der Waals surface area contributed by atoms with Gasteiger partial charge < -0.3 is 20.5 Å². The van der Waals surface area contributed by atoms with Gasteiger partial charge in [-0.15, -0.1) is 0 Å². The second kappa shape index (κ2) is 11.6. The minimum absolute atomic E-state index is 0.0219. The molecular weight excluding hydrogens is 506 g/mol. The summed E-state index contributed by atoms with van der Waals surface area (Å²) < 4.78 is 0. The molecule has 0 aliphatic carbocycles. The van der Waals surface area contributed by atoms with Gasteiger partial charge in [0.15, 0.2) is 0 Å². The van der Waals surface area contributed by atoms with Crippen LogP contribution in [0.3, 0.4) is 0 Å². The molecule has 0 aromatic heterocycles. The molecule has 4 N–H and O–H groups in total. The van der Waals surface area contributed by atoms with Gasteiger partial charge in [-0.1, -0.05) is 91.5 Å². The number of carbonyl (C=O) groups is 3. The van der Waals surface area contributed by atoms with Gasteiger partial charge in [0.05, 0.1) is 18.8 Å². The lowest BCUT2D eigenvalue weighted by Crippen LogP contribution is -2.62. The van der Waals surface area contributed by atoms with Crippen molar-refractivity contribution in [3.63, 3.8) is 0 Å². The van der Waals surface area contributed by atoms with Crippen molar-refractivity contribution in [2.45, 2.75) is 25.3 Å². The number of nitrogens with zero attached hydrogens (tertiary/aromatic N) is 4. The van der Waals surface area contributed by atoms with Crippen molar-refractivity contribution in [1.82, 2.24) is 25.1 Å². The summed E-state index contributed by atoms with van der Waals surface area (Å²) in [4.78, 5) is 43.9. The zero-order valence-electron chi connectivity index (χ0n) is 22.4. The van der Waals surface area contributed by atoms with Crippen molar-refractivity contribution >= 4 is 29.6 Å². The standard InChI is InChI=1S/C30H33N7O3/c1-3-22-15-10-16-24(27(22)33-31)18-35-19-25-36(34(2)30(40)32-17-21-11-6-4-7-12-21)20-26(38)37(25)28(29(35)39)23-13-8-5-9-14-23/h3-16,25,28,33H,1,17-20,31H2,2H3,(H,32,40)/t25-,28+/m1/s1. The van der Waals surface area contributed by atoms with Crippen LogP contribution in [0.1, 0.15) is 28.3 Å². The highest BCUT2D eigenvalue weighted by Gasteiger charge is 2.52. The summed E-state index contributed by atoms with van der Waals surface area (Å²) in [7, 11) is 1.64. The molecule has 3 aromatic carbocycles. The summed E-state index contributed by atoms with van der Waals surface area (Å²) in [5.41, 5.74) is 6.74. The normalized spacial score (nSPS) is 18.9. The summed E-state index contributed by atoms with van der Waals surface area (Å²) in [6.07, 6.45) is 1.16. The molecule has 2 saturated heterocycles. The number of carbonyl (C=O) groups excluding carboxylic acids is 3. The maximum atomic E-state index is 14.0. The number of urea groups is 1. The second-order valence-corrected chi connectivity index (χ2v) is 9.81. The summed E-state index contributed by atoms with van der Waals surface area (Å²) in [6, 6.07) is 23.4. The Labute approximate surface area is 233 Å². The van der Waals surface area contributed by atoms with Gasteiger partial charge in [0.25, 0.3) is 5.91 Å². The molecule has 3 aromatic rings. The van der Waals surface area contributed by atoms with Gasteiger partial charge >= 0.3 is 6.03 Å². The molecule has 2 atom stereocenters. The van der Waals surface area contributed by atoms with E-state index >= 15 is 0 Å². The molecule has 0 spiro atoms. The van der Waals surface area contributed by atoms with Crippen molar-refractivity contribution < 1.29 is 14.4 Å². The molecule has 0 unspecified atom stereocenters. The number of nitrogens with two attached hydrogens (primary N) is 1. The molecule has 0 radical (unpaired) electrons. The fraction of sp³-hybridized carbons (Fsp3) is 0.233. The monoisotopic (exact) mass is 539 g/mol. The third-order valence-corrected chi connectivity index (χ3v) is 7.45. The van der Waals surface area contributed by atoms with Gasteiger partial charge in [-0.25, -0.2) is 4.79 Å². The predicted octanol–water partition coefficient (Wildman–Crippen LogP) is 2.93. The van der Waals surface area contributed by atoms with Crippen LogP contribution in [0.25, 0.3) is 6.08 Å². The average Bonchev–Trinajstić information content (AvgIpc) is 3.31. The Morgan fingerprint density at radius 3 is 2.42 bits per heavy atom. The molecule has 2 heterocycles. The van der Waals surface area contributed by atoms with Crippen LogP contribution in [0.15, 0.2) is 85.4 Å². The number of nitrogen functional groups attached to an aromatic ring is 1. The topological polar surface area (TPSA) is 114 Å². The minimum atomic E-state index is -0.824. The van der Waals surface area contributed by atoms with E-state index in [2.05, 4.69) is 17.3 Å². The van der Waals surface area contributed by atoms with E-state index in [1.54, 1.807) is 27.9 Å². The molecule has 0 bridgehead atoms. The van der Waals surface area contributed by atoms with E-state index in [0.29, 0.717) is 17.8 Å². The maximum absolute atomic E-state index is 14.0. The number of para-hydroxylation sites is 1. The van der Waals surface area contributed by atoms with Crippen LogP contribution >= 0.6 is 0 Å². The Bertz CT molecular complexity index is 1400. The SMILES string of the molecule is C=Cc1cccc(CN2C[C@H]3N(C(=O)CN3N(C)C(=O)NCc3ccccc3)[C@@H](c3ccccc3)C2=O)c1NN. The van der Waals surface area contributed by atoms with Gasteiger partial charge in [-0.2, -0.15) is 5.01 Å². The van der Waals surface area contributed by atoms with Crippen LogP contribution in [0.4, 0.5) is 10.5 Å². The zero-order valence-corrected chi connectivity index (χ0v) is 22.4. The molecule has 5 rings (SSSR count). The first-order chi connectivity index (χ1) is 19.4. The number of piperazine rings is 1. The number of hydrazine groups is 2. The second-order valence-electron chi connectivity index (χ2n) is 9.81. The predicted molar refractivity (Wildman–Crippen MR) is 153 cm³/mol. The van der Waals surface area contributed by atoms with E-state index < -0.39 is 12.2 Å². The average molecular weight is 540 g/mol. The number of amides is 4. The molecule has 2 aliphatic rings. The molecule has 206 valence electrons. The molecule has 40 heavy (non-hydrogen) atoms. The van der Waals surface area contributed by atoms with E-state index in [9.17, 15) is 14.4 Å². The van der Waals surface area contributed by atoms with E-state index in [4.69, 9.17) is 5.84 Å². The molecule has 4 amide bonds. The number of fused-ring (bicyclic) bond motifs is 1. The number of rotatable bonds is 8. The molecule has 10 nitrogen and oxygen atoms in total. The van der Waals surface area contributed by atoms with E-state index in [1.165, 1.54) is 5.01 Å². The fourth-order valence-corrected chi connectivity index (χ4v) is 5.41. The fourth-order valence-electron chi connectivity index (χ4n) is 5.41.